The van der Waals surface area contributed by atoms with Crippen molar-refractivity contribution in [2.45, 2.75) is 6.18 Å². The van der Waals surface area contributed by atoms with E-state index in [0.29, 0.717) is 29.3 Å². The minimum Gasteiger partial charge on any atom is -0.322 e. The number of rotatable bonds is 7. The summed E-state index contributed by atoms with van der Waals surface area (Å²) < 4.78 is 54.5. The standard InChI is InChI=1S/C25H24F4N7OP/c1-4-35(23(31)14-34(2)3)17-6-8-20(21(38)11-17)32-24(37)16-10-22(25(27,28)29)33-36(13-16)18-5-7-19(26)15(9-18)12-30/h4-11,31H,1,13-14,38H2,2-3H3,(H,32,37). The number of hydrazone groups is 1. The predicted molar refractivity (Wildman–Crippen MR) is 143 cm³/mol. The van der Waals surface area contributed by atoms with Gasteiger partial charge in [-0.3, -0.25) is 15.2 Å². The number of carbonyl (C=O) groups is 1. The van der Waals surface area contributed by atoms with E-state index in [2.05, 4.69) is 26.2 Å². The van der Waals surface area contributed by atoms with Crippen LogP contribution in [0.4, 0.5) is 34.6 Å². The van der Waals surface area contributed by atoms with Gasteiger partial charge in [0.25, 0.3) is 5.91 Å². The molecule has 198 valence electrons. The fourth-order valence-electron chi connectivity index (χ4n) is 3.51. The Morgan fingerprint density at radius 2 is 2.03 bits per heavy atom. The molecule has 1 aliphatic rings. The first-order chi connectivity index (χ1) is 17.8. The summed E-state index contributed by atoms with van der Waals surface area (Å²) in [5, 5.41) is 24.9. The van der Waals surface area contributed by atoms with E-state index in [0.717, 1.165) is 17.1 Å². The summed E-state index contributed by atoms with van der Waals surface area (Å²) >= 11 is 0. The molecule has 2 aromatic rings. The number of carbonyl (C=O) groups excluding carboxylic acids is 1. The Kier molecular flexibility index (Phi) is 8.66. The number of amidine groups is 1. The lowest BCUT2D eigenvalue weighted by molar-refractivity contribution is -0.112. The minimum atomic E-state index is -4.86. The van der Waals surface area contributed by atoms with Crippen molar-refractivity contribution in [3.05, 3.63) is 72.2 Å². The van der Waals surface area contributed by atoms with E-state index in [1.165, 1.54) is 12.3 Å². The Morgan fingerprint density at radius 3 is 2.61 bits per heavy atom. The number of alkyl halides is 3. The average molecular weight is 545 g/mol. The molecule has 1 atom stereocenters. The highest BCUT2D eigenvalue weighted by molar-refractivity contribution is 7.28. The lowest BCUT2D eigenvalue weighted by Crippen LogP contribution is -2.36. The van der Waals surface area contributed by atoms with Crippen LogP contribution >= 0.6 is 9.24 Å². The molecule has 38 heavy (non-hydrogen) atoms. The minimum absolute atomic E-state index is 0.0175. The third-order valence-corrected chi connectivity index (χ3v) is 5.79. The van der Waals surface area contributed by atoms with Crippen molar-refractivity contribution in [3.63, 3.8) is 0 Å². The van der Waals surface area contributed by atoms with Crippen LogP contribution in [-0.2, 0) is 4.79 Å². The highest BCUT2D eigenvalue weighted by atomic mass is 31.0. The highest BCUT2D eigenvalue weighted by Crippen LogP contribution is 2.28. The van der Waals surface area contributed by atoms with Crippen molar-refractivity contribution in [2.24, 2.45) is 5.10 Å². The molecule has 0 radical (unpaired) electrons. The van der Waals surface area contributed by atoms with E-state index in [-0.39, 0.29) is 29.2 Å². The van der Waals surface area contributed by atoms with Gasteiger partial charge in [0.15, 0.2) is 5.71 Å². The van der Waals surface area contributed by atoms with Crippen molar-refractivity contribution < 1.29 is 22.4 Å². The van der Waals surface area contributed by atoms with Gasteiger partial charge in [0.1, 0.15) is 17.7 Å². The van der Waals surface area contributed by atoms with Gasteiger partial charge in [0.2, 0.25) is 0 Å². The number of allylic oxidation sites excluding steroid dienone is 1. The molecule has 2 N–H and O–H groups in total. The Labute approximate surface area is 219 Å². The van der Waals surface area contributed by atoms with Gasteiger partial charge in [0.05, 0.1) is 24.3 Å². The number of amides is 1. The Balaban J connectivity index is 1.87. The summed E-state index contributed by atoms with van der Waals surface area (Å²) in [5.41, 5.74) is -0.989. The van der Waals surface area contributed by atoms with E-state index >= 15 is 0 Å². The van der Waals surface area contributed by atoms with Crippen LogP contribution in [0.3, 0.4) is 0 Å². The maximum absolute atomic E-state index is 13.7. The van der Waals surface area contributed by atoms with Crippen molar-refractivity contribution in [3.8, 4) is 6.07 Å². The molecule has 0 saturated heterocycles. The molecule has 1 unspecified atom stereocenters. The van der Waals surface area contributed by atoms with E-state index in [1.54, 1.807) is 29.2 Å². The number of nitrogens with one attached hydrogen (secondary N) is 2. The lowest BCUT2D eigenvalue weighted by Gasteiger charge is -2.26. The van der Waals surface area contributed by atoms with Gasteiger partial charge in [-0.2, -0.15) is 23.5 Å². The number of likely N-dealkylation sites (N-methyl/N-ethyl adjacent to an activating group) is 1. The largest absolute Gasteiger partial charge is 0.435 e. The van der Waals surface area contributed by atoms with Gasteiger partial charge >= 0.3 is 6.18 Å². The second kappa shape index (κ2) is 11.5. The molecule has 3 rings (SSSR count). The van der Waals surface area contributed by atoms with Crippen LogP contribution in [-0.4, -0.2) is 55.7 Å². The summed E-state index contributed by atoms with van der Waals surface area (Å²) in [5.74, 6) is -1.37. The average Bonchev–Trinajstić information content (AvgIpc) is 2.85. The molecule has 1 aliphatic heterocycles. The van der Waals surface area contributed by atoms with Crippen molar-refractivity contribution >= 4 is 49.1 Å². The number of hydrogen-bond donors (Lipinski definition) is 2. The summed E-state index contributed by atoms with van der Waals surface area (Å²) in [6, 6.07) is 9.69. The van der Waals surface area contributed by atoms with Crippen LogP contribution in [0.5, 0.6) is 0 Å². The molecule has 0 aliphatic carbocycles. The maximum Gasteiger partial charge on any atom is 0.435 e. The van der Waals surface area contributed by atoms with Crippen LogP contribution in [0.15, 0.2) is 65.9 Å². The number of nitrogens with zero attached hydrogens (tertiary/aromatic N) is 5. The fourth-order valence-corrected chi connectivity index (χ4v) is 3.85. The predicted octanol–water partition coefficient (Wildman–Crippen LogP) is 3.99. The monoisotopic (exact) mass is 545 g/mol. The Bertz CT molecular complexity index is 1380. The summed E-state index contributed by atoms with van der Waals surface area (Å²) in [6.07, 6.45) is -2.73. The molecule has 13 heteroatoms. The topological polar surface area (TPSA) is 98.8 Å². The number of benzene rings is 2. The zero-order valence-electron chi connectivity index (χ0n) is 20.5. The number of halogens is 4. The molecule has 0 spiro atoms. The third-order valence-electron chi connectivity index (χ3n) is 5.31. The van der Waals surface area contributed by atoms with Crippen molar-refractivity contribution in [1.29, 1.82) is 10.7 Å². The maximum atomic E-state index is 13.7. The zero-order valence-corrected chi connectivity index (χ0v) is 21.6. The fraction of sp³-hybridized carbons (Fsp3) is 0.200. The third kappa shape index (κ3) is 6.62. The Hall–Kier alpha value is -4.07. The van der Waals surface area contributed by atoms with Gasteiger partial charge in [-0.25, -0.2) is 4.39 Å². The molecular formula is C25H24F4N7OP. The molecule has 0 bridgehead atoms. The van der Waals surface area contributed by atoms with Gasteiger partial charge in [-0.05, 0) is 61.9 Å². The first kappa shape index (κ1) is 28.5. The SMILES string of the molecule is C=CN(C(=N)CN(C)C)c1ccc(NC(=O)C2=CC(C(F)(F)F)=NN(c3ccc(F)c(C#N)c3)C2)c(P)c1. The number of anilines is 3. The molecule has 0 aromatic heterocycles. The van der Waals surface area contributed by atoms with Crippen LogP contribution in [0.2, 0.25) is 0 Å². The van der Waals surface area contributed by atoms with Gasteiger partial charge in [0, 0.05) is 23.1 Å². The van der Waals surface area contributed by atoms with Crippen molar-refractivity contribution in [1.82, 2.24) is 4.90 Å². The summed E-state index contributed by atoms with van der Waals surface area (Å²) in [6.45, 7) is 3.74. The van der Waals surface area contributed by atoms with Gasteiger partial charge < -0.3 is 15.1 Å². The second-order valence-electron chi connectivity index (χ2n) is 8.45. The zero-order chi connectivity index (χ0) is 28.2. The molecule has 0 fully saturated rings. The molecule has 1 heterocycles. The van der Waals surface area contributed by atoms with E-state index in [1.807, 2.05) is 19.0 Å². The Morgan fingerprint density at radius 1 is 1.32 bits per heavy atom. The van der Waals surface area contributed by atoms with E-state index < -0.39 is 23.6 Å². The summed E-state index contributed by atoms with van der Waals surface area (Å²) in [7, 11) is 6.09. The number of nitriles is 1. The number of hydrogen-bond acceptors (Lipinski definition) is 6. The summed E-state index contributed by atoms with van der Waals surface area (Å²) in [4.78, 5) is 16.4. The first-order valence-electron chi connectivity index (χ1n) is 11.0. The van der Waals surface area contributed by atoms with Gasteiger partial charge in [-0.15, -0.1) is 9.24 Å². The normalized spacial score (nSPS) is 13.4. The van der Waals surface area contributed by atoms with Crippen LogP contribution in [0, 0.1) is 22.6 Å². The molecular weight excluding hydrogens is 521 g/mol. The van der Waals surface area contributed by atoms with E-state index in [4.69, 9.17) is 10.7 Å². The van der Waals surface area contributed by atoms with Crippen molar-refractivity contribution in [2.75, 3.05) is 42.4 Å². The van der Waals surface area contributed by atoms with Gasteiger partial charge in [-0.1, -0.05) is 6.58 Å². The molecule has 1 amide bonds. The molecule has 2 aromatic carbocycles. The quantitative estimate of drug-likeness (QED) is 0.237. The second-order valence-corrected chi connectivity index (χ2v) is 9.07. The van der Waals surface area contributed by atoms with E-state index in [9.17, 15) is 22.4 Å². The van der Waals surface area contributed by atoms with Crippen LogP contribution < -0.4 is 20.5 Å². The van der Waals surface area contributed by atoms with Crippen LogP contribution in [0.25, 0.3) is 0 Å². The highest BCUT2D eigenvalue weighted by Gasteiger charge is 2.38. The first-order valence-corrected chi connectivity index (χ1v) is 11.6. The van der Waals surface area contributed by atoms with Crippen LogP contribution in [0.1, 0.15) is 5.56 Å². The molecule has 8 nitrogen and oxygen atoms in total. The smallest absolute Gasteiger partial charge is 0.322 e. The lowest BCUT2D eigenvalue weighted by atomic mass is 10.1. The molecule has 0 saturated carbocycles.